The van der Waals surface area contributed by atoms with E-state index in [1.54, 1.807) is 0 Å². The zero-order chi connectivity index (χ0) is 9.80. The molecule has 1 saturated carbocycles. The van der Waals surface area contributed by atoms with Gasteiger partial charge in [0.1, 0.15) is 0 Å². The van der Waals surface area contributed by atoms with Crippen molar-refractivity contribution >= 4 is 5.78 Å². The van der Waals surface area contributed by atoms with Crippen molar-refractivity contribution in [3.8, 4) is 0 Å². The Hall–Kier alpha value is -0.790. The first kappa shape index (κ1) is 9.75. The fourth-order valence-corrected chi connectivity index (χ4v) is 2.36. The average Bonchev–Trinajstić information content (AvgIpc) is 2.23. The van der Waals surface area contributed by atoms with E-state index < -0.39 is 0 Å². The number of hydrogen-bond donors (Lipinski definition) is 1. The van der Waals surface area contributed by atoms with Gasteiger partial charge in [-0.2, -0.15) is 0 Å². The van der Waals surface area contributed by atoms with Crippen molar-refractivity contribution < 1.29 is 4.79 Å². The van der Waals surface area contributed by atoms with Crippen LogP contribution in [0.3, 0.4) is 0 Å². The van der Waals surface area contributed by atoms with Crippen molar-refractivity contribution in [2.24, 2.45) is 0 Å². The summed E-state index contributed by atoms with van der Waals surface area (Å²) >= 11 is 0. The van der Waals surface area contributed by atoms with Crippen LogP contribution in [-0.2, 0) is 4.79 Å². The molecule has 2 rings (SSSR count). The van der Waals surface area contributed by atoms with E-state index in [0.717, 1.165) is 25.0 Å². The minimum atomic E-state index is 0.321. The van der Waals surface area contributed by atoms with Crippen LogP contribution in [0.25, 0.3) is 0 Å². The van der Waals surface area contributed by atoms with Crippen molar-refractivity contribution in [3.05, 3.63) is 11.8 Å². The highest BCUT2D eigenvalue weighted by Gasteiger charge is 2.18. The maximum absolute atomic E-state index is 11.5. The van der Waals surface area contributed by atoms with Gasteiger partial charge in [0.2, 0.25) is 0 Å². The molecule has 1 N–H and O–H groups in total. The lowest BCUT2D eigenvalue weighted by atomic mass is 9.94. The van der Waals surface area contributed by atoms with E-state index in [0.29, 0.717) is 11.8 Å². The van der Waals surface area contributed by atoms with Gasteiger partial charge in [-0.15, -0.1) is 0 Å². The Balaban J connectivity index is 1.88. The van der Waals surface area contributed by atoms with Crippen LogP contribution >= 0.6 is 0 Å². The Bertz CT molecular complexity index is 239. The topological polar surface area (TPSA) is 29.1 Å². The molecule has 0 aromatic heterocycles. The molecular weight excluding hydrogens is 174 g/mol. The van der Waals surface area contributed by atoms with Gasteiger partial charge in [-0.1, -0.05) is 25.3 Å². The molecule has 78 valence electrons. The van der Waals surface area contributed by atoms with Gasteiger partial charge in [-0.25, -0.2) is 0 Å². The summed E-state index contributed by atoms with van der Waals surface area (Å²) in [5.41, 5.74) is 0.906. The molecule has 0 unspecified atom stereocenters. The summed E-state index contributed by atoms with van der Waals surface area (Å²) in [6.45, 7) is 0. The molecule has 2 heteroatoms. The summed E-state index contributed by atoms with van der Waals surface area (Å²) in [7, 11) is 0. The first-order chi connectivity index (χ1) is 6.86. The molecule has 2 nitrogen and oxygen atoms in total. The fourth-order valence-electron chi connectivity index (χ4n) is 2.36. The molecule has 0 aromatic carbocycles. The summed E-state index contributed by atoms with van der Waals surface area (Å²) < 4.78 is 0. The van der Waals surface area contributed by atoms with E-state index in [1.807, 2.05) is 0 Å². The molecule has 2 aliphatic carbocycles. The highest BCUT2D eigenvalue weighted by Crippen LogP contribution is 2.20. The molecule has 0 heterocycles. The predicted molar refractivity (Wildman–Crippen MR) is 56.9 cm³/mol. The standard InChI is InChI=1S/C12H19NO/c14-12-9-5-4-8-11(12)13-10-6-2-1-3-7-10/h8,10,13H,1-7,9H2. The van der Waals surface area contributed by atoms with E-state index in [9.17, 15) is 4.79 Å². The van der Waals surface area contributed by atoms with Gasteiger partial charge in [0.05, 0.1) is 5.70 Å². The molecule has 0 amide bonds. The van der Waals surface area contributed by atoms with Gasteiger partial charge in [0.25, 0.3) is 0 Å². The lowest BCUT2D eigenvalue weighted by Crippen LogP contribution is -2.34. The lowest BCUT2D eigenvalue weighted by Gasteiger charge is -2.25. The zero-order valence-electron chi connectivity index (χ0n) is 8.72. The van der Waals surface area contributed by atoms with Crippen molar-refractivity contribution in [2.45, 2.75) is 57.4 Å². The molecule has 14 heavy (non-hydrogen) atoms. The van der Waals surface area contributed by atoms with E-state index in [-0.39, 0.29) is 0 Å². The number of Topliss-reactive ketones (excluding diaryl/α,β-unsaturated/α-hetero) is 1. The SMILES string of the molecule is O=C1CCCC=C1NC1CCCCC1. The lowest BCUT2D eigenvalue weighted by molar-refractivity contribution is -0.116. The minimum Gasteiger partial charge on any atom is -0.380 e. The van der Waals surface area contributed by atoms with E-state index in [4.69, 9.17) is 0 Å². The molecule has 0 aliphatic heterocycles. The summed E-state index contributed by atoms with van der Waals surface area (Å²) in [6.07, 6.45) is 11.4. The predicted octanol–water partition coefficient (Wildman–Crippen LogP) is 2.55. The van der Waals surface area contributed by atoms with Crippen LogP contribution in [-0.4, -0.2) is 11.8 Å². The van der Waals surface area contributed by atoms with Crippen LogP contribution < -0.4 is 5.32 Å². The third-order valence-electron chi connectivity index (χ3n) is 3.22. The molecule has 0 radical (unpaired) electrons. The van der Waals surface area contributed by atoms with Crippen LogP contribution in [0.4, 0.5) is 0 Å². The molecule has 0 saturated heterocycles. The Morgan fingerprint density at radius 3 is 2.64 bits per heavy atom. The van der Waals surface area contributed by atoms with Crippen LogP contribution in [0.5, 0.6) is 0 Å². The van der Waals surface area contributed by atoms with E-state index in [2.05, 4.69) is 11.4 Å². The number of carbonyl (C=O) groups is 1. The zero-order valence-corrected chi connectivity index (χ0v) is 8.72. The smallest absolute Gasteiger partial charge is 0.178 e. The number of ketones is 1. The highest BCUT2D eigenvalue weighted by molar-refractivity contribution is 5.95. The summed E-state index contributed by atoms with van der Waals surface area (Å²) in [5, 5.41) is 3.42. The third-order valence-corrected chi connectivity index (χ3v) is 3.22. The highest BCUT2D eigenvalue weighted by atomic mass is 16.1. The first-order valence-electron chi connectivity index (χ1n) is 5.86. The van der Waals surface area contributed by atoms with Crippen molar-refractivity contribution in [1.82, 2.24) is 5.32 Å². The Morgan fingerprint density at radius 1 is 1.14 bits per heavy atom. The first-order valence-corrected chi connectivity index (χ1v) is 5.86. The summed E-state index contributed by atoms with van der Waals surface area (Å²) in [4.78, 5) is 11.5. The van der Waals surface area contributed by atoms with Gasteiger partial charge in [-0.05, 0) is 25.7 Å². The Labute approximate surface area is 85.8 Å². The van der Waals surface area contributed by atoms with Gasteiger partial charge in [-0.3, -0.25) is 4.79 Å². The Morgan fingerprint density at radius 2 is 1.93 bits per heavy atom. The molecule has 0 spiro atoms. The second-order valence-corrected chi connectivity index (χ2v) is 4.41. The van der Waals surface area contributed by atoms with Crippen molar-refractivity contribution in [1.29, 1.82) is 0 Å². The number of allylic oxidation sites excluding steroid dienone is 2. The van der Waals surface area contributed by atoms with Gasteiger partial charge < -0.3 is 5.32 Å². The normalized spacial score (nSPS) is 24.6. The molecule has 2 aliphatic rings. The Kier molecular flexibility index (Phi) is 3.22. The molecule has 0 atom stereocenters. The van der Waals surface area contributed by atoms with E-state index >= 15 is 0 Å². The third kappa shape index (κ3) is 2.37. The summed E-state index contributed by atoms with van der Waals surface area (Å²) in [6, 6.07) is 0.567. The molecular formula is C12H19NO. The fraction of sp³-hybridized carbons (Fsp3) is 0.750. The van der Waals surface area contributed by atoms with Crippen molar-refractivity contribution in [2.75, 3.05) is 0 Å². The number of nitrogens with one attached hydrogen (secondary N) is 1. The van der Waals surface area contributed by atoms with Crippen LogP contribution in [0.2, 0.25) is 0 Å². The molecule has 0 bridgehead atoms. The number of hydrogen-bond acceptors (Lipinski definition) is 2. The molecule has 1 fully saturated rings. The maximum atomic E-state index is 11.5. The summed E-state index contributed by atoms with van der Waals surface area (Å²) in [5.74, 6) is 0.321. The second-order valence-electron chi connectivity index (χ2n) is 4.41. The van der Waals surface area contributed by atoms with Crippen LogP contribution in [0.15, 0.2) is 11.8 Å². The monoisotopic (exact) mass is 193 g/mol. The van der Waals surface area contributed by atoms with Gasteiger partial charge in [0, 0.05) is 12.5 Å². The van der Waals surface area contributed by atoms with Gasteiger partial charge >= 0.3 is 0 Å². The van der Waals surface area contributed by atoms with Gasteiger partial charge in [0.15, 0.2) is 5.78 Å². The minimum absolute atomic E-state index is 0.321. The largest absolute Gasteiger partial charge is 0.380 e. The quantitative estimate of drug-likeness (QED) is 0.730. The van der Waals surface area contributed by atoms with Crippen LogP contribution in [0.1, 0.15) is 51.4 Å². The average molecular weight is 193 g/mol. The number of carbonyl (C=O) groups excluding carboxylic acids is 1. The van der Waals surface area contributed by atoms with E-state index in [1.165, 1.54) is 32.1 Å². The van der Waals surface area contributed by atoms with Crippen molar-refractivity contribution in [3.63, 3.8) is 0 Å². The molecule has 0 aromatic rings. The number of rotatable bonds is 2. The second kappa shape index (κ2) is 4.63. The van der Waals surface area contributed by atoms with Crippen LogP contribution in [0, 0.1) is 0 Å². The maximum Gasteiger partial charge on any atom is 0.178 e.